The lowest BCUT2D eigenvalue weighted by Crippen LogP contribution is -2.17. The van der Waals surface area contributed by atoms with Crippen molar-refractivity contribution in [2.75, 3.05) is 0 Å². The highest BCUT2D eigenvalue weighted by Gasteiger charge is 2.23. The van der Waals surface area contributed by atoms with Gasteiger partial charge in [0.25, 0.3) is 0 Å². The van der Waals surface area contributed by atoms with Crippen LogP contribution >= 0.6 is 12.2 Å². The summed E-state index contributed by atoms with van der Waals surface area (Å²) in [6, 6.07) is 8.56. The minimum absolute atomic E-state index is 0.480. The normalized spacial score (nSPS) is 22.8. The van der Waals surface area contributed by atoms with E-state index in [1.165, 1.54) is 32.1 Å². The van der Waals surface area contributed by atoms with Crippen molar-refractivity contribution in [3.63, 3.8) is 0 Å². The van der Waals surface area contributed by atoms with E-state index in [4.69, 9.17) is 12.2 Å². The lowest BCUT2D eigenvalue weighted by Gasteiger charge is -2.29. The first kappa shape index (κ1) is 13.4. The van der Waals surface area contributed by atoms with E-state index in [-0.39, 0.29) is 0 Å². The summed E-state index contributed by atoms with van der Waals surface area (Å²) in [6.45, 7) is 2.28. The Morgan fingerprint density at radius 1 is 1.35 bits per heavy atom. The number of nitriles is 1. The minimum Gasteiger partial charge on any atom is -0.329 e. The molecule has 0 radical (unpaired) electrons. The zero-order valence-corrected chi connectivity index (χ0v) is 12.5. The third kappa shape index (κ3) is 2.16. The summed E-state index contributed by atoms with van der Waals surface area (Å²) in [6.07, 6.45) is 6.23. The van der Waals surface area contributed by atoms with Crippen LogP contribution in [0, 0.1) is 22.0 Å². The van der Waals surface area contributed by atoms with Gasteiger partial charge in [-0.25, -0.2) is 0 Å². The number of hydrogen-bond acceptors (Lipinski definition) is 2. The molecule has 4 heteroatoms. The van der Waals surface area contributed by atoms with Gasteiger partial charge in [0.05, 0.1) is 16.6 Å². The number of hydrogen-bond donors (Lipinski definition) is 1. The molecule has 0 bridgehead atoms. The van der Waals surface area contributed by atoms with Crippen molar-refractivity contribution in [3.05, 3.63) is 28.5 Å². The predicted octanol–water partition coefficient (Wildman–Crippen LogP) is 4.71. The van der Waals surface area contributed by atoms with Gasteiger partial charge in [0.1, 0.15) is 6.07 Å². The number of nitrogens with zero attached hydrogens (tertiary/aromatic N) is 2. The van der Waals surface area contributed by atoms with Gasteiger partial charge in [0.15, 0.2) is 4.77 Å². The third-order valence-electron chi connectivity index (χ3n) is 4.63. The Hall–Kier alpha value is -1.60. The van der Waals surface area contributed by atoms with Crippen LogP contribution in [-0.4, -0.2) is 9.55 Å². The second-order valence-electron chi connectivity index (χ2n) is 5.69. The second kappa shape index (κ2) is 5.41. The SMILES string of the molecule is CCC1CCC(n2c(=S)[nH]c3c(C#N)cccc32)CC1. The molecule has 104 valence electrons. The number of nitrogens with one attached hydrogen (secondary N) is 1. The minimum atomic E-state index is 0.480. The number of fused-ring (bicyclic) bond motifs is 1. The van der Waals surface area contributed by atoms with Crippen molar-refractivity contribution < 1.29 is 0 Å². The summed E-state index contributed by atoms with van der Waals surface area (Å²) in [7, 11) is 0. The van der Waals surface area contributed by atoms with Crippen LogP contribution in [0.25, 0.3) is 11.0 Å². The molecule has 0 atom stereocenters. The molecular formula is C16H19N3S. The van der Waals surface area contributed by atoms with E-state index in [0.29, 0.717) is 11.6 Å². The molecule has 20 heavy (non-hydrogen) atoms. The molecule has 1 aromatic heterocycles. The molecule has 1 aliphatic carbocycles. The molecule has 2 aromatic rings. The zero-order valence-electron chi connectivity index (χ0n) is 11.7. The standard InChI is InChI=1S/C16H19N3S/c1-2-11-6-8-13(9-7-11)19-14-5-3-4-12(10-17)15(14)18-16(19)20/h3-5,11,13H,2,6-9H2,1H3,(H,18,20). The molecule has 1 aromatic carbocycles. The van der Waals surface area contributed by atoms with Gasteiger partial charge in [-0.15, -0.1) is 0 Å². The van der Waals surface area contributed by atoms with Gasteiger partial charge in [-0.2, -0.15) is 5.26 Å². The topological polar surface area (TPSA) is 44.5 Å². The third-order valence-corrected chi connectivity index (χ3v) is 4.93. The van der Waals surface area contributed by atoms with Crippen molar-refractivity contribution >= 4 is 23.3 Å². The Morgan fingerprint density at radius 3 is 2.75 bits per heavy atom. The number of aromatic amines is 1. The van der Waals surface area contributed by atoms with E-state index >= 15 is 0 Å². The molecule has 1 N–H and O–H groups in total. The molecule has 0 unspecified atom stereocenters. The molecule has 1 saturated carbocycles. The van der Waals surface area contributed by atoms with Crippen LogP contribution in [0.1, 0.15) is 50.6 Å². The summed E-state index contributed by atoms with van der Waals surface area (Å²) < 4.78 is 2.99. The average molecular weight is 285 g/mol. The zero-order chi connectivity index (χ0) is 14.1. The highest BCUT2D eigenvalue weighted by atomic mass is 32.1. The van der Waals surface area contributed by atoms with Gasteiger partial charge < -0.3 is 9.55 Å². The predicted molar refractivity (Wildman–Crippen MR) is 83.1 cm³/mol. The summed E-state index contributed by atoms with van der Waals surface area (Å²) in [5.41, 5.74) is 2.64. The second-order valence-corrected chi connectivity index (χ2v) is 6.08. The fourth-order valence-electron chi connectivity index (χ4n) is 3.42. The summed E-state index contributed by atoms with van der Waals surface area (Å²) in [5, 5.41) is 9.20. The monoisotopic (exact) mass is 285 g/mol. The number of H-pyrrole nitrogens is 1. The summed E-state index contributed by atoms with van der Waals surface area (Å²) >= 11 is 5.50. The Morgan fingerprint density at radius 2 is 2.10 bits per heavy atom. The summed E-state index contributed by atoms with van der Waals surface area (Å²) in [4.78, 5) is 3.22. The van der Waals surface area contributed by atoms with Crippen LogP contribution in [0.4, 0.5) is 0 Å². The average Bonchev–Trinajstić information content (AvgIpc) is 2.83. The van der Waals surface area contributed by atoms with E-state index < -0.39 is 0 Å². The maximum absolute atomic E-state index is 9.20. The van der Waals surface area contributed by atoms with Gasteiger partial charge in [-0.3, -0.25) is 0 Å². The molecule has 0 amide bonds. The molecule has 0 saturated heterocycles. The number of rotatable bonds is 2. The van der Waals surface area contributed by atoms with Gasteiger partial charge >= 0.3 is 0 Å². The highest BCUT2D eigenvalue weighted by Crippen LogP contribution is 2.35. The van der Waals surface area contributed by atoms with Crippen LogP contribution in [0.5, 0.6) is 0 Å². The van der Waals surface area contributed by atoms with E-state index in [1.54, 1.807) is 0 Å². The Bertz CT molecular complexity index is 711. The highest BCUT2D eigenvalue weighted by molar-refractivity contribution is 7.71. The first-order valence-corrected chi connectivity index (χ1v) is 7.78. The van der Waals surface area contributed by atoms with Crippen LogP contribution in [0.15, 0.2) is 18.2 Å². The molecule has 3 rings (SSSR count). The molecule has 1 heterocycles. The number of aromatic nitrogens is 2. The van der Waals surface area contributed by atoms with Crippen molar-refractivity contribution in [2.24, 2.45) is 5.92 Å². The maximum Gasteiger partial charge on any atom is 0.178 e. The Balaban J connectivity index is 2.03. The lowest BCUT2D eigenvalue weighted by molar-refractivity contribution is 0.272. The molecule has 0 spiro atoms. The van der Waals surface area contributed by atoms with Crippen LogP contribution < -0.4 is 0 Å². The first-order valence-electron chi connectivity index (χ1n) is 7.38. The smallest absolute Gasteiger partial charge is 0.178 e. The molecule has 1 aliphatic rings. The quantitative estimate of drug-likeness (QED) is 0.812. The molecule has 0 aliphatic heterocycles. The van der Waals surface area contributed by atoms with Crippen molar-refractivity contribution in [2.45, 2.75) is 45.1 Å². The van der Waals surface area contributed by atoms with Crippen molar-refractivity contribution in [1.82, 2.24) is 9.55 Å². The van der Waals surface area contributed by atoms with Crippen LogP contribution in [0.2, 0.25) is 0 Å². The number of benzene rings is 1. The first-order chi connectivity index (χ1) is 9.74. The lowest BCUT2D eigenvalue weighted by atomic mass is 9.84. The maximum atomic E-state index is 9.20. The fraction of sp³-hybridized carbons (Fsp3) is 0.500. The van der Waals surface area contributed by atoms with Gasteiger partial charge in [0, 0.05) is 6.04 Å². The molecule has 1 fully saturated rings. The van der Waals surface area contributed by atoms with Crippen molar-refractivity contribution in [3.8, 4) is 6.07 Å². The number of para-hydroxylation sites is 1. The Kier molecular flexibility index (Phi) is 3.62. The van der Waals surface area contributed by atoms with Gasteiger partial charge in [-0.1, -0.05) is 19.4 Å². The number of imidazole rings is 1. The van der Waals surface area contributed by atoms with E-state index in [1.807, 2.05) is 12.1 Å². The van der Waals surface area contributed by atoms with Gasteiger partial charge in [0.2, 0.25) is 0 Å². The van der Waals surface area contributed by atoms with E-state index in [9.17, 15) is 5.26 Å². The fourth-order valence-corrected chi connectivity index (χ4v) is 3.77. The van der Waals surface area contributed by atoms with Crippen LogP contribution in [-0.2, 0) is 0 Å². The van der Waals surface area contributed by atoms with E-state index in [0.717, 1.165) is 21.7 Å². The van der Waals surface area contributed by atoms with Gasteiger partial charge in [-0.05, 0) is 56.0 Å². The molecular weight excluding hydrogens is 266 g/mol. The Labute approximate surface area is 124 Å². The van der Waals surface area contributed by atoms with E-state index in [2.05, 4.69) is 28.6 Å². The van der Waals surface area contributed by atoms with Crippen LogP contribution in [0.3, 0.4) is 0 Å². The largest absolute Gasteiger partial charge is 0.329 e. The van der Waals surface area contributed by atoms with Crippen molar-refractivity contribution in [1.29, 1.82) is 5.26 Å². The summed E-state index contributed by atoms with van der Waals surface area (Å²) in [5.74, 6) is 0.875. The molecule has 3 nitrogen and oxygen atoms in total.